The predicted molar refractivity (Wildman–Crippen MR) is 139 cm³/mol. The van der Waals surface area contributed by atoms with Gasteiger partial charge < -0.3 is 10.6 Å². The van der Waals surface area contributed by atoms with Crippen molar-refractivity contribution >= 4 is 35.0 Å². The second kappa shape index (κ2) is 10.7. The molecule has 0 aliphatic heterocycles. The van der Waals surface area contributed by atoms with E-state index < -0.39 is 5.25 Å². The highest BCUT2D eigenvalue weighted by atomic mass is 32.2. The van der Waals surface area contributed by atoms with Crippen molar-refractivity contribution in [2.24, 2.45) is 5.41 Å². The highest BCUT2D eigenvalue weighted by molar-refractivity contribution is 8.00. The van der Waals surface area contributed by atoms with Crippen LogP contribution in [0, 0.1) is 19.3 Å². The smallest absolute Gasteiger partial charge is 0.242 e. The van der Waals surface area contributed by atoms with E-state index >= 15 is 0 Å². The topological polar surface area (TPSA) is 58.2 Å². The Bertz CT molecular complexity index is 1100. The summed E-state index contributed by atoms with van der Waals surface area (Å²) >= 11 is 1.49. The summed E-state index contributed by atoms with van der Waals surface area (Å²) in [5.74, 6) is -0.0707. The van der Waals surface area contributed by atoms with Crippen LogP contribution in [-0.4, -0.2) is 11.8 Å². The fraction of sp³-hybridized carbons (Fsp3) is 0.286. The van der Waals surface area contributed by atoms with E-state index in [4.69, 9.17) is 0 Å². The lowest BCUT2D eigenvalue weighted by Crippen LogP contribution is -2.20. The van der Waals surface area contributed by atoms with Gasteiger partial charge in [0.25, 0.3) is 0 Å². The van der Waals surface area contributed by atoms with Crippen molar-refractivity contribution < 1.29 is 9.59 Å². The normalized spacial score (nSPS) is 12.2. The number of carbonyl (C=O) groups is 2. The van der Waals surface area contributed by atoms with E-state index in [2.05, 4.69) is 16.7 Å². The van der Waals surface area contributed by atoms with E-state index in [1.807, 2.05) is 101 Å². The number of benzene rings is 3. The molecule has 0 aliphatic carbocycles. The van der Waals surface area contributed by atoms with Crippen molar-refractivity contribution in [3.8, 4) is 0 Å². The van der Waals surface area contributed by atoms with Gasteiger partial charge in [-0.2, -0.15) is 0 Å². The Morgan fingerprint density at radius 2 is 1.55 bits per heavy atom. The standard InChI is InChI=1S/C28H32N2O2S/c1-19-11-16-24(20(2)17-19)30-27(32)26(21-9-7-6-8-10-21)33-23-14-12-22(13-15-23)29-25(31)18-28(3,4)5/h6-17,26H,18H2,1-5H3,(H,29,31)(H,30,32). The van der Waals surface area contributed by atoms with Crippen molar-refractivity contribution in [2.75, 3.05) is 10.6 Å². The second-order valence-corrected chi connectivity index (χ2v) is 10.7. The van der Waals surface area contributed by atoms with Gasteiger partial charge in [-0.05, 0) is 60.7 Å². The van der Waals surface area contributed by atoms with Crippen LogP contribution in [0.3, 0.4) is 0 Å². The van der Waals surface area contributed by atoms with Crippen LogP contribution in [-0.2, 0) is 9.59 Å². The van der Waals surface area contributed by atoms with E-state index in [-0.39, 0.29) is 17.2 Å². The van der Waals surface area contributed by atoms with Gasteiger partial charge in [-0.1, -0.05) is 68.8 Å². The number of aryl methyl sites for hydroxylation is 2. The van der Waals surface area contributed by atoms with Crippen LogP contribution in [0.15, 0.2) is 77.7 Å². The van der Waals surface area contributed by atoms with E-state index in [0.717, 1.165) is 33.0 Å². The molecule has 2 amide bonds. The Hall–Kier alpha value is -3.05. The molecule has 3 aromatic carbocycles. The molecule has 0 aliphatic rings. The average Bonchev–Trinajstić information content (AvgIpc) is 2.74. The molecule has 3 aromatic rings. The molecular formula is C28H32N2O2S. The van der Waals surface area contributed by atoms with Crippen molar-refractivity contribution in [3.63, 3.8) is 0 Å². The average molecular weight is 461 g/mol. The molecule has 33 heavy (non-hydrogen) atoms. The van der Waals surface area contributed by atoms with Gasteiger partial charge in [0, 0.05) is 22.7 Å². The number of thioether (sulfide) groups is 1. The summed E-state index contributed by atoms with van der Waals surface area (Å²) in [6, 6.07) is 23.4. The molecule has 2 N–H and O–H groups in total. The van der Waals surface area contributed by atoms with Crippen molar-refractivity contribution in [3.05, 3.63) is 89.5 Å². The van der Waals surface area contributed by atoms with Gasteiger partial charge >= 0.3 is 0 Å². The third-order valence-corrected chi connectivity index (χ3v) is 6.33. The number of nitrogens with one attached hydrogen (secondary N) is 2. The van der Waals surface area contributed by atoms with Crippen molar-refractivity contribution in [1.29, 1.82) is 0 Å². The first-order valence-corrected chi connectivity index (χ1v) is 12.0. The van der Waals surface area contributed by atoms with Crippen LogP contribution in [0.4, 0.5) is 11.4 Å². The lowest BCUT2D eigenvalue weighted by atomic mass is 9.92. The monoisotopic (exact) mass is 460 g/mol. The quantitative estimate of drug-likeness (QED) is 0.368. The minimum Gasteiger partial charge on any atom is -0.326 e. The zero-order chi connectivity index (χ0) is 24.0. The third kappa shape index (κ3) is 7.50. The summed E-state index contributed by atoms with van der Waals surface area (Å²) in [6.45, 7) is 10.2. The molecule has 172 valence electrons. The molecule has 0 bridgehead atoms. The third-order valence-electron chi connectivity index (χ3n) is 5.06. The van der Waals surface area contributed by atoms with Gasteiger partial charge in [0.05, 0.1) is 0 Å². The van der Waals surface area contributed by atoms with Crippen molar-refractivity contribution in [1.82, 2.24) is 0 Å². The maximum atomic E-state index is 13.3. The number of rotatable bonds is 7. The zero-order valence-corrected chi connectivity index (χ0v) is 20.8. The predicted octanol–water partition coefficient (Wildman–Crippen LogP) is 7.15. The summed E-state index contributed by atoms with van der Waals surface area (Å²) in [7, 11) is 0. The fourth-order valence-electron chi connectivity index (χ4n) is 3.49. The number of carbonyl (C=O) groups excluding carboxylic acids is 2. The molecule has 0 saturated carbocycles. The van der Waals surface area contributed by atoms with Gasteiger partial charge in [0.1, 0.15) is 5.25 Å². The lowest BCUT2D eigenvalue weighted by Gasteiger charge is -2.19. The van der Waals surface area contributed by atoms with Crippen molar-refractivity contribution in [2.45, 2.75) is 51.2 Å². The first-order valence-electron chi connectivity index (χ1n) is 11.1. The van der Waals surface area contributed by atoms with Crippen LogP contribution < -0.4 is 10.6 Å². The molecule has 0 fully saturated rings. The van der Waals surface area contributed by atoms with Gasteiger partial charge in [0.15, 0.2) is 0 Å². The summed E-state index contributed by atoms with van der Waals surface area (Å²) in [6.07, 6.45) is 0.457. The number of anilines is 2. The SMILES string of the molecule is Cc1ccc(NC(=O)C(Sc2ccc(NC(=O)CC(C)(C)C)cc2)c2ccccc2)c(C)c1. The van der Waals surface area contributed by atoms with Crippen LogP contribution >= 0.6 is 11.8 Å². The minimum atomic E-state index is -0.409. The molecule has 5 heteroatoms. The lowest BCUT2D eigenvalue weighted by molar-refractivity contribution is -0.118. The number of hydrogen-bond donors (Lipinski definition) is 2. The highest BCUT2D eigenvalue weighted by Gasteiger charge is 2.23. The van der Waals surface area contributed by atoms with Crippen LogP contribution in [0.5, 0.6) is 0 Å². The van der Waals surface area contributed by atoms with Gasteiger partial charge in [-0.15, -0.1) is 11.8 Å². The van der Waals surface area contributed by atoms with Crippen LogP contribution in [0.1, 0.15) is 49.1 Å². The minimum absolute atomic E-state index is 0.00193. The maximum Gasteiger partial charge on any atom is 0.242 e. The molecule has 0 saturated heterocycles. The van der Waals surface area contributed by atoms with Crippen LogP contribution in [0.25, 0.3) is 0 Å². The number of hydrogen-bond acceptors (Lipinski definition) is 3. The molecule has 1 atom stereocenters. The van der Waals surface area contributed by atoms with Gasteiger partial charge in [-0.25, -0.2) is 0 Å². The van der Waals surface area contributed by atoms with E-state index in [1.165, 1.54) is 11.8 Å². The molecule has 0 radical (unpaired) electrons. The Morgan fingerprint density at radius 1 is 0.879 bits per heavy atom. The Morgan fingerprint density at radius 3 is 2.15 bits per heavy atom. The van der Waals surface area contributed by atoms with E-state index in [0.29, 0.717) is 6.42 Å². The summed E-state index contributed by atoms with van der Waals surface area (Å²) in [5.41, 5.74) is 4.65. The van der Waals surface area contributed by atoms with Crippen LogP contribution in [0.2, 0.25) is 0 Å². The van der Waals surface area contributed by atoms with E-state index in [1.54, 1.807) is 0 Å². The molecule has 1 unspecified atom stereocenters. The second-order valence-electron chi connectivity index (χ2n) is 9.53. The number of amides is 2. The molecule has 4 nitrogen and oxygen atoms in total. The van der Waals surface area contributed by atoms with Gasteiger partial charge in [-0.3, -0.25) is 9.59 Å². The molecular weight excluding hydrogens is 428 g/mol. The summed E-state index contributed by atoms with van der Waals surface area (Å²) in [5, 5.41) is 5.64. The summed E-state index contributed by atoms with van der Waals surface area (Å²) < 4.78 is 0. The zero-order valence-electron chi connectivity index (χ0n) is 19.9. The molecule has 3 rings (SSSR count). The Labute approximate surface area is 201 Å². The molecule has 0 spiro atoms. The Kier molecular flexibility index (Phi) is 7.98. The first-order chi connectivity index (χ1) is 15.6. The summed E-state index contributed by atoms with van der Waals surface area (Å²) in [4.78, 5) is 26.5. The largest absolute Gasteiger partial charge is 0.326 e. The highest BCUT2D eigenvalue weighted by Crippen LogP contribution is 2.37. The van der Waals surface area contributed by atoms with Gasteiger partial charge in [0.2, 0.25) is 11.8 Å². The Balaban J connectivity index is 1.75. The molecule has 0 heterocycles. The van der Waals surface area contributed by atoms with E-state index in [9.17, 15) is 9.59 Å². The maximum absolute atomic E-state index is 13.3. The fourth-order valence-corrected chi connectivity index (χ4v) is 4.52. The molecule has 0 aromatic heterocycles. The first kappa shape index (κ1) is 24.6.